The summed E-state index contributed by atoms with van der Waals surface area (Å²) in [5, 5.41) is 22.7. The van der Waals surface area contributed by atoms with E-state index < -0.39 is 10.9 Å². The van der Waals surface area contributed by atoms with Crippen LogP contribution < -0.4 is 5.32 Å². The standard InChI is InChI=1S/C13H18N2O5/c1-20-8-4-2-3-7-14-12-9-10(15(18)19)5-6-11(12)13(16)17/h5-6,9,14H,2-4,7-8H2,1H3,(H,16,17). The largest absolute Gasteiger partial charge is 0.478 e. The number of aromatic carboxylic acids is 1. The van der Waals surface area contributed by atoms with Crippen LogP contribution in [0.4, 0.5) is 11.4 Å². The molecule has 0 fully saturated rings. The summed E-state index contributed by atoms with van der Waals surface area (Å²) < 4.78 is 4.93. The van der Waals surface area contributed by atoms with Crippen molar-refractivity contribution in [3.05, 3.63) is 33.9 Å². The summed E-state index contributed by atoms with van der Waals surface area (Å²) in [7, 11) is 1.64. The van der Waals surface area contributed by atoms with Gasteiger partial charge in [-0.2, -0.15) is 0 Å². The topological polar surface area (TPSA) is 102 Å². The number of carboxylic acids is 1. The second-order valence-electron chi connectivity index (χ2n) is 4.27. The van der Waals surface area contributed by atoms with E-state index in [9.17, 15) is 14.9 Å². The monoisotopic (exact) mass is 282 g/mol. The summed E-state index contributed by atoms with van der Waals surface area (Å²) in [5.74, 6) is -1.11. The van der Waals surface area contributed by atoms with Gasteiger partial charge in [0.15, 0.2) is 0 Å². The molecule has 1 rings (SSSR count). The Bertz CT molecular complexity index is 476. The molecule has 0 radical (unpaired) electrons. The normalized spacial score (nSPS) is 10.2. The average Bonchev–Trinajstić information content (AvgIpc) is 2.42. The number of nitrogens with one attached hydrogen (secondary N) is 1. The van der Waals surface area contributed by atoms with Crippen LogP contribution in [0.1, 0.15) is 29.6 Å². The predicted octanol–water partition coefficient (Wildman–Crippen LogP) is 2.52. The molecule has 0 atom stereocenters. The first-order valence-electron chi connectivity index (χ1n) is 6.30. The number of rotatable bonds is 9. The minimum Gasteiger partial charge on any atom is -0.478 e. The Kier molecular flexibility index (Phi) is 6.45. The second-order valence-corrected chi connectivity index (χ2v) is 4.27. The highest BCUT2D eigenvalue weighted by Gasteiger charge is 2.14. The van der Waals surface area contributed by atoms with Gasteiger partial charge in [-0.3, -0.25) is 10.1 Å². The zero-order valence-corrected chi connectivity index (χ0v) is 11.3. The van der Waals surface area contributed by atoms with Gasteiger partial charge in [-0.25, -0.2) is 4.79 Å². The molecule has 0 aliphatic carbocycles. The number of hydrogen-bond donors (Lipinski definition) is 2. The molecule has 1 aromatic carbocycles. The highest BCUT2D eigenvalue weighted by atomic mass is 16.6. The van der Waals surface area contributed by atoms with Gasteiger partial charge >= 0.3 is 5.97 Å². The molecule has 0 bridgehead atoms. The highest BCUT2D eigenvalue weighted by Crippen LogP contribution is 2.22. The smallest absolute Gasteiger partial charge is 0.337 e. The molecule has 0 spiro atoms. The first-order chi connectivity index (χ1) is 9.56. The van der Waals surface area contributed by atoms with Crippen molar-refractivity contribution >= 4 is 17.3 Å². The number of anilines is 1. The van der Waals surface area contributed by atoms with Crippen LogP contribution in [0.5, 0.6) is 0 Å². The van der Waals surface area contributed by atoms with Crippen LogP contribution >= 0.6 is 0 Å². The zero-order chi connectivity index (χ0) is 15.0. The average molecular weight is 282 g/mol. The molecule has 2 N–H and O–H groups in total. The van der Waals surface area contributed by atoms with Crippen LogP contribution in [0.15, 0.2) is 18.2 Å². The molecule has 110 valence electrons. The van der Waals surface area contributed by atoms with Crippen LogP contribution in [0.2, 0.25) is 0 Å². The number of ether oxygens (including phenoxy) is 1. The fourth-order valence-electron chi connectivity index (χ4n) is 1.75. The predicted molar refractivity (Wildman–Crippen MR) is 74.3 cm³/mol. The van der Waals surface area contributed by atoms with E-state index in [0.29, 0.717) is 13.2 Å². The number of nitrogens with zero attached hydrogens (tertiary/aromatic N) is 1. The molecule has 0 aliphatic heterocycles. The van der Waals surface area contributed by atoms with Crippen molar-refractivity contribution in [1.82, 2.24) is 0 Å². The van der Waals surface area contributed by atoms with Crippen LogP contribution in [0, 0.1) is 10.1 Å². The van der Waals surface area contributed by atoms with E-state index in [-0.39, 0.29) is 16.9 Å². The van der Waals surface area contributed by atoms with Crippen LogP contribution in [0.25, 0.3) is 0 Å². The summed E-state index contributed by atoms with van der Waals surface area (Å²) in [4.78, 5) is 21.2. The Morgan fingerprint density at radius 2 is 2.15 bits per heavy atom. The summed E-state index contributed by atoms with van der Waals surface area (Å²) in [6.07, 6.45) is 2.71. The lowest BCUT2D eigenvalue weighted by atomic mass is 10.1. The summed E-state index contributed by atoms with van der Waals surface area (Å²) in [6, 6.07) is 3.68. The van der Waals surface area contributed by atoms with Gasteiger partial charge in [-0.15, -0.1) is 0 Å². The lowest BCUT2D eigenvalue weighted by Gasteiger charge is -2.09. The Labute approximate surface area is 116 Å². The van der Waals surface area contributed by atoms with E-state index in [1.165, 1.54) is 18.2 Å². The van der Waals surface area contributed by atoms with Gasteiger partial charge in [0.05, 0.1) is 16.2 Å². The number of nitro benzene ring substituents is 1. The van der Waals surface area contributed by atoms with Crippen molar-refractivity contribution in [1.29, 1.82) is 0 Å². The molecule has 0 aromatic heterocycles. The highest BCUT2D eigenvalue weighted by molar-refractivity contribution is 5.94. The summed E-state index contributed by atoms with van der Waals surface area (Å²) in [6.45, 7) is 1.25. The third-order valence-electron chi connectivity index (χ3n) is 2.79. The second kappa shape index (κ2) is 8.11. The molecule has 7 nitrogen and oxygen atoms in total. The number of unbranched alkanes of at least 4 members (excludes halogenated alkanes) is 2. The van der Waals surface area contributed by atoms with Crippen molar-refractivity contribution in [2.75, 3.05) is 25.6 Å². The van der Waals surface area contributed by atoms with E-state index in [0.717, 1.165) is 19.3 Å². The first kappa shape index (κ1) is 15.9. The molecule has 0 saturated heterocycles. The number of benzene rings is 1. The van der Waals surface area contributed by atoms with Crippen molar-refractivity contribution in [2.45, 2.75) is 19.3 Å². The molecule has 0 saturated carbocycles. The van der Waals surface area contributed by atoms with E-state index in [2.05, 4.69) is 5.32 Å². The number of methoxy groups -OCH3 is 1. The third kappa shape index (κ3) is 4.85. The molecule has 0 amide bonds. The Balaban J connectivity index is 2.63. The number of hydrogen-bond acceptors (Lipinski definition) is 5. The Morgan fingerprint density at radius 3 is 2.75 bits per heavy atom. The van der Waals surface area contributed by atoms with Gasteiger partial charge in [0.1, 0.15) is 0 Å². The first-order valence-corrected chi connectivity index (χ1v) is 6.30. The molecular formula is C13H18N2O5. The fourth-order valence-corrected chi connectivity index (χ4v) is 1.75. The van der Waals surface area contributed by atoms with E-state index in [1.807, 2.05) is 0 Å². The van der Waals surface area contributed by atoms with Gasteiger partial charge < -0.3 is 15.2 Å². The Morgan fingerprint density at radius 1 is 1.40 bits per heavy atom. The zero-order valence-electron chi connectivity index (χ0n) is 11.3. The molecule has 0 heterocycles. The van der Waals surface area contributed by atoms with Crippen LogP contribution in [0.3, 0.4) is 0 Å². The van der Waals surface area contributed by atoms with Crippen molar-refractivity contribution in [2.24, 2.45) is 0 Å². The van der Waals surface area contributed by atoms with Gasteiger partial charge in [0, 0.05) is 32.4 Å². The van der Waals surface area contributed by atoms with E-state index in [4.69, 9.17) is 9.84 Å². The Hall–Kier alpha value is -2.15. The van der Waals surface area contributed by atoms with Crippen molar-refractivity contribution in [3.8, 4) is 0 Å². The summed E-state index contributed by atoms with van der Waals surface area (Å²) in [5.41, 5.74) is 0.183. The SMILES string of the molecule is COCCCCCNc1cc([N+](=O)[O-])ccc1C(=O)O. The number of carbonyl (C=O) groups is 1. The van der Waals surface area contributed by atoms with Gasteiger partial charge in [-0.1, -0.05) is 0 Å². The number of nitro groups is 1. The molecule has 20 heavy (non-hydrogen) atoms. The van der Waals surface area contributed by atoms with E-state index >= 15 is 0 Å². The molecule has 0 aliphatic rings. The minimum atomic E-state index is -1.11. The minimum absolute atomic E-state index is 0.0347. The number of carboxylic acid groups (broad SMARTS) is 1. The van der Waals surface area contributed by atoms with Gasteiger partial charge in [0.25, 0.3) is 5.69 Å². The summed E-state index contributed by atoms with van der Waals surface area (Å²) >= 11 is 0. The van der Waals surface area contributed by atoms with Crippen molar-refractivity contribution < 1.29 is 19.6 Å². The lowest BCUT2D eigenvalue weighted by molar-refractivity contribution is -0.384. The number of non-ortho nitro benzene ring substituents is 1. The fraction of sp³-hybridized carbons (Fsp3) is 0.462. The van der Waals surface area contributed by atoms with Crippen LogP contribution in [-0.2, 0) is 4.74 Å². The molecule has 7 heteroatoms. The maximum Gasteiger partial charge on any atom is 0.337 e. The maximum absolute atomic E-state index is 11.1. The third-order valence-corrected chi connectivity index (χ3v) is 2.79. The van der Waals surface area contributed by atoms with Crippen LogP contribution in [-0.4, -0.2) is 36.3 Å². The quantitative estimate of drug-likeness (QED) is 0.410. The lowest BCUT2D eigenvalue weighted by Crippen LogP contribution is -2.08. The molecular weight excluding hydrogens is 264 g/mol. The maximum atomic E-state index is 11.1. The van der Waals surface area contributed by atoms with Gasteiger partial charge in [0.2, 0.25) is 0 Å². The van der Waals surface area contributed by atoms with E-state index in [1.54, 1.807) is 7.11 Å². The molecule has 0 unspecified atom stereocenters. The van der Waals surface area contributed by atoms with Crippen molar-refractivity contribution in [3.63, 3.8) is 0 Å². The molecule has 1 aromatic rings. The van der Waals surface area contributed by atoms with Gasteiger partial charge in [-0.05, 0) is 25.3 Å².